The van der Waals surface area contributed by atoms with E-state index in [-0.39, 0.29) is 0 Å². The third-order valence-electron chi connectivity index (χ3n) is 1.78. The molecule has 1 aromatic carbocycles. The Kier molecular flexibility index (Phi) is 3.83. The van der Waals surface area contributed by atoms with E-state index in [1.54, 1.807) is 0 Å². The van der Waals surface area contributed by atoms with Gasteiger partial charge in [-0.1, -0.05) is 49.4 Å². The topological polar surface area (TPSA) is 20.2 Å². The summed E-state index contributed by atoms with van der Waals surface area (Å²) in [5.41, 5.74) is 1.89. The first kappa shape index (κ1) is 9.59. The second kappa shape index (κ2) is 5.20. The molecule has 0 aliphatic heterocycles. The fourth-order valence-electron chi connectivity index (χ4n) is 1.09. The predicted molar refractivity (Wildman–Crippen MR) is 56.5 cm³/mol. The van der Waals surface area contributed by atoms with Crippen molar-refractivity contribution < 1.29 is 5.11 Å². The summed E-state index contributed by atoms with van der Waals surface area (Å²) in [5.74, 6) is 0. The third-order valence-corrected chi connectivity index (χ3v) is 1.78. The number of hydrogen-bond acceptors (Lipinski definition) is 1. The van der Waals surface area contributed by atoms with Crippen molar-refractivity contribution in [2.45, 2.75) is 13.3 Å². The minimum absolute atomic E-state index is 0.849. The van der Waals surface area contributed by atoms with Crippen molar-refractivity contribution in [3.05, 3.63) is 54.3 Å². The van der Waals surface area contributed by atoms with Gasteiger partial charge in [0, 0.05) is 5.57 Å². The molecule has 0 fully saturated rings. The molecule has 1 N–H and O–H groups in total. The first-order valence-electron chi connectivity index (χ1n) is 4.44. The Bertz CT molecular complexity index is 296. The molecule has 68 valence electrons. The first-order chi connectivity index (χ1) is 6.38. The molecule has 0 unspecified atom stereocenters. The summed E-state index contributed by atoms with van der Waals surface area (Å²) in [4.78, 5) is 0. The highest BCUT2D eigenvalue weighted by molar-refractivity contribution is 5.72. The van der Waals surface area contributed by atoms with Crippen LogP contribution in [0.4, 0.5) is 0 Å². The highest BCUT2D eigenvalue weighted by Gasteiger charge is 1.94. The molecule has 0 amide bonds. The Labute approximate surface area is 79.0 Å². The van der Waals surface area contributed by atoms with Crippen molar-refractivity contribution in [3.63, 3.8) is 0 Å². The molecule has 13 heavy (non-hydrogen) atoms. The van der Waals surface area contributed by atoms with Gasteiger partial charge in [-0.15, -0.1) is 0 Å². The lowest BCUT2D eigenvalue weighted by atomic mass is 10.1. The smallest absolute Gasteiger partial charge is 0.0869 e. The third kappa shape index (κ3) is 2.79. The molecule has 1 nitrogen and oxygen atoms in total. The normalized spacial score (nSPS) is 12.2. The van der Waals surface area contributed by atoms with E-state index in [4.69, 9.17) is 5.11 Å². The number of aliphatic hydroxyl groups excluding tert-OH is 1. The number of allylic oxidation sites excluding steroid dienone is 3. The Balaban J connectivity index is 2.87. The Morgan fingerprint density at radius 2 is 2.00 bits per heavy atom. The van der Waals surface area contributed by atoms with Gasteiger partial charge < -0.3 is 5.11 Å². The van der Waals surface area contributed by atoms with E-state index in [0.29, 0.717) is 0 Å². The van der Waals surface area contributed by atoms with Crippen molar-refractivity contribution >= 4 is 5.57 Å². The molecule has 0 radical (unpaired) electrons. The summed E-state index contributed by atoms with van der Waals surface area (Å²) in [5, 5.41) is 8.99. The minimum Gasteiger partial charge on any atom is -0.515 e. The van der Waals surface area contributed by atoms with E-state index < -0.39 is 0 Å². The van der Waals surface area contributed by atoms with E-state index in [1.165, 1.54) is 0 Å². The van der Waals surface area contributed by atoms with Gasteiger partial charge in [-0.25, -0.2) is 0 Å². The van der Waals surface area contributed by atoms with Crippen molar-refractivity contribution in [1.29, 1.82) is 0 Å². The summed E-state index contributed by atoms with van der Waals surface area (Å²) in [7, 11) is 0. The number of aliphatic hydroxyl groups is 1. The number of benzene rings is 1. The highest BCUT2D eigenvalue weighted by Crippen LogP contribution is 2.14. The average Bonchev–Trinajstić information content (AvgIpc) is 2.21. The largest absolute Gasteiger partial charge is 0.515 e. The van der Waals surface area contributed by atoms with Gasteiger partial charge >= 0.3 is 0 Å². The van der Waals surface area contributed by atoms with E-state index in [9.17, 15) is 0 Å². The van der Waals surface area contributed by atoms with Gasteiger partial charge in [0.25, 0.3) is 0 Å². The van der Waals surface area contributed by atoms with Crippen LogP contribution in [0.25, 0.3) is 5.57 Å². The molecule has 1 rings (SSSR count). The summed E-state index contributed by atoms with van der Waals surface area (Å²) in [6.45, 7) is 2.07. The Morgan fingerprint density at radius 3 is 2.54 bits per heavy atom. The zero-order chi connectivity index (χ0) is 9.52. The van der Waals surface area contributed by atoms with Crippen LogP contribution in [0.5, 0.6) is 0 Å². The molecule has 0 aliphatic rings. The van der Waals surface area contributed by atoms with E-state index >= 15 is 0 Å². The van der Waals surface area contributed by atoms with Gasteiger partial charge in [-0.3, -0.25) is 0 Å². The SMILES string of the molecule is CCC=CC(=CO)c1ccccc1. The fourth-order valence-corrected chi connectivity index (χ4v) is 1.09. The Morgan fingerprint density at radius 1 is 1.31 bits per heavy atom. The lowest BCUT2D eigenvalue weighted by Gasteiger charge is -1.99. The van der Waals surface area contributed by atoms with Crippen molar-refractivity contribution in [3.8, 4) is 0 Å². The van der Waals surface area contributed by atoms with Gasteiger partial charge in [-0.2, -0.15) is 0 Å². The Hall–Kier alpha value is -1.50. The molecule has 0 spiro atoms. The summed E-state index contributed by atoms with van der Waals surface area (Å²) >= 11 is 0. The maximum atomic E-state index is 8.99. The second-order valence-corrected chi connectivity index (χ2v) is 2.76. The molecule has 0 aromatic heterocycles. The van der Waals surface area contributed by atoms with Gasteiger partial charge in [-0.05, 0) is 12.0 Å². The first-order valence-corrected chi connectivity index (χ1v) is 4.44. The summed E-state index contributed by atoms with van der Waals surface area (Å²) in [6, 6.07) is 9.82. The maximum absolute atomic E-state index is 8.99. The molecule has 0 saturated carbocycles. The predicted octanol–water partition coefficient (Wildman–Crippen LogP) is 3.55. The lowest BCUT2D eigenvalue weighted by molar-refractivity contribution is 0.476. The maximum Gasteiger partial charge on any atom is 0.0869 e. The van der Waals surface area contributed by atoms with Crippen molar-refractivity contribution in [2.75, 3.05) is 0 Å². The molecule has 0 aliphatic carbocycles. The average molecular weight is 174 g/mol. The van der Waals surface area contributed by atoms with Gasteiger partial charge in [0.15, 0.2) is 0 Å². The highest BCUT2D eigenvalue weighted by atomic mass is 16.2. The molecular formula is C12H14O. The van der Waals surface area contributed by atoms with Crippen LogP contribution < -0.4 is 0 Å². The van der Waals surface area contributed by atoms with Crippen LogP contribution in [0, 0.1) is 0 Å². The van der Waals surface area contributed by atoms with E-state index in [1.807, 2.05) is 42.5 Å². The summed E-state index contributed by atoms with van der Waals surface area (Å²) < 4.78 is 0. The van der Waals surface area contributed by atoms with Crippen LogP contribution >= 0.6 is 0 Å². The fraction of sp³-hybridized carbons (Fsp3) is 0.167. The zero-order valence-corrected chi connectivity index (χ0v) is 7.77. The van der Waals surface area contributed by atoms with Crippen LogP contribution in [0.1, 0.15) is 18.9 Å². The molecule has 0 heterocycles. The molecule has 0 saturated heterocycles. The van der Waals surface area contributed by atoms with Crippen LogP contribution in [0.2, 0.25) is 0 Å². The number of rotatable bonds is 3. The van der Waals surface area contributed by atoms with Crippen molar-refractivity contribution in [1.82, 2.24) is 0 Å². The van der Waals surface area contributed by atoms with Gasteiger partial charge in [0.1, 0.15) is 0 Å². The van der Waals surface area contributed by atoms with Crippen molar-refractivity contribution in [2.24, 2.45) is 0 Å². The monoisotopic (exact) mass is 174 g/mol. The molecule has 0 atom stereocenters. The van der Waals surface area contributed by atoms with Crippen LogP contribution in [-0.2, 0) is 0 Å². The standard InChI is InChI=1S/C12H14O/c1-2-3-7-12(10-13)11-8-5-4-6-9-11/h3-10,13H,2H2,1H3. The molecule has 1 aromatic rings. The number of hydrogen-bond donors (Lipinski definition) is 1. The quantitative estimate of drug-likeness (QED) is 0.548. The van der Waals surface area contributed by atoms with E-state index in [2.05, 4.69) is 6.92 Å². The van der Waals surface area contributed by atoms with Gasteiger partial charge in [0.05, 0.1) is 6.26 Å². The van der Waals surface area contributed by atoms with Gasteiger partial charge in [0.2, 0.25) is 0 Å². The van der Waals surface area contributed by atoms with Crippen LogP contribution in [0.3, 0.4) is 0 Å². The molecule has 0 bridgehead atoms. The lowest BCUT2D eigenvalue weighted by Crippen LogP contribution is -1.79. The zero-order valence-electron chi connectivity index (χ0n) is 7.77. The van der Waals surface area contributed by atoms with Crippen LogP contribution in [0.15, 0.2) is 48.7 Å². The minimum atomic E-state index is 0.849. The van der Waals surface area contributed by atoms with Crippen LogP contribution in [-0.4, -0.2) is 5.11 Å². The second-order valence-electron chi connectivity index (χ2n) is 2.76. The molecular weight excluding hydrogens is 160 g/mol. The molecule has 1 heteroatoms. The summed E-state index contributed by atoms with van der Waals surface area (Å²) in [6.07, 6.45) is 6.07. The van der Waals surface area contributed by atoms with E-state index in [0.717, 1.165) is 23.8 Å².